The molecule has 0 bridgehead atoms. The number of hydrogen-bond donors (Lipinski definition) is 2. The van der Waals surface area contributed by atoms with Crippen molar-refractivity contribution in [1.82, 2.24) is 4.98 Å². The molecule has 0 aliphatic rings. The molecule has 1 aromatic rings. The van der Waals surface area contributed by atoms with Gasteiger partial charge in [0, 0.05) is 29.6 Å². The SMILES string of the molecule is NC(=O)c1ccc(C(F)(Cl)C(F)(F)F)[nH]c1=O.[Na]. The number of hydrogen-bond acceptors (Lipinski definition) is 2. The number of nitrogens with one attached hydrogen (secondary N) is 1. The van der Waals surface area contributed by atoms with Gasteiger partial charge in [0.1, 0.15) is 5.56 Å². The molecule has 0 aromatic carbocycles. The van der Waals surface area contributed by atoms with Crippen molar-refractivity contribution in [2.75, 3.05) is 0 Å². The standard InChI is InChI=1S/C8H5ClF4N2O2.Na/c9-7(10,8(11,12)13)4-2-1-3(5(14)16)6(17)15-4;/h1-2H,(H2,14,16)(H,15,17);. The van der Waals surface area contributed by atoms with E-state index in [1.165, 1.54) is 4.98 Å². The molecule has 4 nitrogen and oxygen atoms in total. The van der Waals surface area contributed by atoms with E-state index in [4.69, 9.17) is 5.73 Å². The zero-order chi connectivity index (χ0) is 13.4. The molecule has 1 radical (unpaired) electrons. The molecule has 95 valence electrons. The second-order valence-corrected chi connectivity index (χ2v) is 3.57. The number of aromatic amines is 1. The monoisotopic (exact) mass is 295 g/mol. The number of alkyl halides is 5. The van der Waals surface area contributed by atoms with Crippen molar-refractivity contribution in [2.45, 2.75) is 11.3 Å². The Morgan fingerprint density at radius 1 is 1.28 bits per heavy atom. The van der Waals surface area contributed by atoms with Crippen LogP contribution in [0.25, 0.3) is 0 Å². The molecule has 10 heteroatoms. The molecule has 1 aromatic heterocycles. The van der Waals surface area contributed by atoms with Gasteiger partial charge in [-0.25, -0.2) is 4.39 Å². The van der Waals surface area contributed by atoms with Gasteiger partial charge in [0.2, 0.25) is 0 Å². The average molecular weight is 296 g/mol. The number of pyridine rings is 1. The quantitative estimate of drug-likeness (QED) is 0.485. The molecular weight excluding hydrogens is 291 g/mol. The maximum absolute atomic E-state index is 13.2. The van der Waals surface area contributed by atoms with Gasteiger partial charge in [-0.15, -0.1) is 0 Å². The summed E-state index contributed by atoms with van der Waals surface area (Å²) < 4.78 is 49.8. The Balaban J connectivity index is 0.00000289. The van der Waals surface area contributed by atoms with Crippen LogP contribution in [0.2, 0.25) is 0 Å². The Hall–Kier alpha value is -0.570. The van der Waals surface area contributed by atoms with E-state index in [0.29, 0.717) is 12.1 Å². The van der Waals surface area contributed by atoms with Gasteiger partial charge < -0.3 is 10.7 Å². The van der Waals surface area contributed by atoms with Gasteiger partial charge in [-0.2, -0.15) is 13.2 Å². The third-order valence-corrected chi connectivity index (χ3v) is 2.29. The second-order valence-electron chi connectivity index (χ2n) is 3.05. The van der Waals surface area contributed by atoms with E-state index in [-0.39, 0.29) is 29.6 Å². The third kappa shape index (κ3) is 3.25. The average Bonchev–Trinajstić information content (AvgIpc) is 2.14. The van der Waals surface area contributed by atoms with Crippen LogP contribution in [0.5, 0.6) is 0 Å². The van der Waals surface area contributed by atoms with E-state index in [1.54, 1.807) is 0 Å². The summed E-state index contributed by atoms with van der Waals surface area (Å²) in [7, 11) is 0. The van der Waals surface area contributed by atoms with Crippen molar-refractivity contribution in [3.05, 3.63) is 33.7 Å². The van der Waals surface area contributed by atoms with Gasteiger partial charge in [-0.05, 0) is 12.1 Å². The molecule has 0 saturated heterocycles. The fraction of sp³-hybridized carbons (Fsp3) is 0.250. The number of carbonyl (C=O) groups excluding carboxylic acids is 1. The van der Waals surface area contributed by atoms with Crippen LogP contribution in [0.3, 0.4) is 0 Å². The van der Waals surface area contributed by atoms with Crippen LogP contribution < -0.4 is 11.3 Å². The number of halogens is 5. The van der Waals surface area contributed by atoms with E-state index < -0.39 is 34.0 Å². The molecule has 1 unspecified atom stereocenters. The van der Waals surface area contributed by atoms with Gasteiger partial charge in [0.25, 0.3) is 11.5 Å². The zero-order valence-electron chi connectivity index (χ0n) is 8.94. The largest absolute Gasteiger partial charge is 0.443 e. The smallest absolute Gasteiger partial charge is 0.365 e. The van der Waals surface area contributed by atoms with E-state index in [2.05, 4.69) is 11.6 Å². The molecule has 1 atom stereocenters. The Morgan fingerprint density at radius 2 is 1.78 bits per heavy atom. The van der Waals surface area contributed by atoms with Crippen LogP contribution in [0.1, 0.15) is 16.1 Å². The number of rotatable bonds is 2. The third-order valence-electron chi connectivity index (χ3n) is 1.87. The van der Waals surface area contributed by atoms with E-state index in [1.807, 2.05) is 0 Å². The molecular formula is C8H5ClF4N2NaO2. The fourth-order valence-electron chi connectivity index (χ4n) is 1.00. The van der Waals surface area contributed by atoms with E-state index in [9.17, 15) is 27.2 Å². The molecule has 3 N–H and O–H groups in total. The van der Waals surface area contributed by atoms with Crippen LogP contribution in [0.4, 0.5) is 17.6 Å². The molecule has 0 fully saturated rings. The topological polar surface area (TPSA) is 76.0 Å². The Kier molecular flexibility index (Phi) is 5.42. The van der Waals surface area contributed by atoms with Crippen molar-refractivity contribution < 1.29 is 22.4 Å². The fourth-order valence-corrected chi connectivity index (χ4v) is 1.11. The molecule has 1 heterocycles. The van der Waals surface area contributed by atoms with Crippen LogP contribution in [0, 0.1) is 0 Å². The summed E-state index contributed by atoms with van der Waals surface area (Å²) in [5, 5.41) is -4.23. The Bertz CT molecular complexity index is 515. The van der Waals surface area contributed by atoms with Gasteiger partial charge in [0.15, 0.2) is 0 Å². The first-order chi connectivity index (χ1) is 7.57. The minimum atomic E-state index is -5.41. The van der Waals surface area contributed by atoms with Gasteiger partial charge in [0.05, 0.1) is 5.69 Å². The van der Waals surface area contributed by atoms with E-state index in [0.717, 1.165) is 0 Å². The van der Waals surface area contributed by atoms with Crippen molar-refractivity contribution in [1.29, 1.82) is 0 Å². The minimum absolute atomic E-state index is 0. The molecule has 18 heavy (non-hydrogen) atoms. The number of primary amides is 1. The maximum Gasteiger partial charge on any atom is 0.443 e. The summed E-state index contributed by atoms with van der Waals surface area (Å²) in [5.41, 5.74) is 1.69. The van der Waals surface area contributed by atoms with Crippen molar-refractivity contribution in [2.24, 2.45) is 5.73 Å². The van der Waals surface area contributed by atoms with Gasteiger partial charge in [-0.1, -0.05) is 11.6 Å². The second kappa shape index (κ2) is 5.60. The first-order valence-corrected chi connectivity index (χ1v) is 4.43. The first kappa shape index (κ1) is 17.4. The molecule has 1 amide bonds. The maximum atomic E-state index is 13.2. The van der Waals surface area contributed by atoms with Crippen molar-refractivity contribution in [3.63, 3.8) is 0 Å². The predicted molar refractivity (Wildman–Crippen MR) is 56.0 cm³/mol. The normalized spacial score (nSPS) is 14.5. The number of carbonyl (C=O) groups is 1. The number of amides is 1. The van der Waals surface area contributed by atoms with Crippen LogP contribution in [0.15, 0.2) is 16.9 Å². The molecule has 0 aliphatic carbocycles. The molecule has 0 saturated carbocycles. The van der Waals surface area contributed by atoms with Crippen molar-refractivity contribution >= 4 is 47.1 Å². The molecule has 1 rings (SSSR count). The Morgan fingerprint density at radius 3 is 2.11 bits per heavy atom. The molecule has 0 aliphatic heterocycles. The predicted octanol–water partition coefficient (Wildman–Crippen LogP) is 1.02. The van der Waals surface area contributed by atoms with Crippen molar-refractivity contribution in [3.8, 4) is 0 Å². The first-order valence-electron chi connectivity index (χ1n) is 4.05. The number of H-pyrrole nitrogens is 1. The summed E-state index contributed by atoms with van der Waals surface area (Å²) >= 11 is 4.66. The van der Waals surface area contributed by atoms with Gasteiger partial charge in [-0.3, -0.25) is 9.59 Å². The number of aromatic nitrogens is 1. The molecule has 0 spiro atoms. The Labute approximate surface area is 125 Å². The summed E-state index contributed by atoms with van der Waals surface area (Å²) in [4.78, 5) is 23.3. The summed E-state index contributed by atoms with van der Waals surface area (Å²) in [6.07, 6.45) is -5.41. The van der Waals surface area contributed by atoms with Crippen LogP contribution in [-0.2, 0) is 5.13 Å². The summed E-state index contributed by atoms with van der Waals surface area (Å²) in [5.74, 6) is -1.15. The van der Waals surface area contributed by atoms with Gasteiger partial charge >= 0.3 is 11.3 Å². The van der Waals surface area contributed by atoms with Crippen LogP contribution >= 0.6 is 11.6 Å². The van der Waals surface area contributed by atoms with Crippen LogP contribution in [-0.4, -0.2) is 46.6 Å². The summed E-state index contributed by atoms with van der Waals surface area (Å²) in [6, 6.07) is 1.20. The minimum Gasteiger partial charge on any atom is -0.365 e. The zero-order valence-corrected chi connectivity index (χ0v) is 11.7. The van der Waals surface area contributed by atoms with E-state index >= 15 is 0 Å². The number of nitrogens with two attached hydrogens (primary N) is 1. The summed E-state index contributed by atoms with van der Waals surface area (Å²) in [6.45, 7) is 0.